The molecule has 0 atom stereocenters. The van der Waals surface area contributed by atoms with E-state index in [4.69, 9.17) is 0 Å². The summed E-state index contributed by atoms with van der Waals surface area (Å²) in [6.45, 7) is 7.89. The summed E-state index contributed by atoms with van der Waals surface area (Å²) in [5.74, 6) is -0.0555. The molecule has 0 N–H and O–H groups in total. The summed E-state index contributed by atoms with van der Waals surface area (Å²) in [5.41, 5.74) is 1.83. The highest BCUT2D eigenvalue weighted by Gasteiger charge is 2.33. The molecule has 0 unspecified atom stereocenters. The summed E-state index contributed by atoms with van der Waals surface area (Å²) in [5, 5.41) is 5.60. The lowest BCUT2D eigenvalue weighted by molar-refractivity contribution is 0.0699. The predicted molar refractivity (Wildman–Crippen MR) is 123 cm³/mol. The molecule has 3 aromatic rings. The lowest BCUT2D eigenvalue weighted by Crippen LogP contribution is -2.54. The zero-order chi connectivity index (χ0) is 22.2. The van der Waals surface area contributed by atoms with Crippen LogP contribution in [0.2, 0.25) is 0 Å². The van der Waals surface area contributed by atoms with Crippen molar-refractivity contribution in [3.05, 3.63) is 47.0 Å². The van der Waals surface area contributed by atoms with E-state index in [2.05, 4.69) is 5.10 Å². The van der Waals surface area contributed by atoms with E-state index in [1.165, 1.54) is 19.9 Å². The molecule has 10 heteroatoms. The molecule has 1 aromatic carbocycles. The van der Waals surface area contributed by atoms with Gasteiger partial charge in [-0.3, -0.25) is 4.79 Å². The summed E-state index contributed by atoms with van der Waals surface area (Å²) >= 11 is 1.43. The Hall–Kier alpha value is -2.27. The van der Waals surface area contributed by atoms with Crippen LogP contribution in [0.3, 0.4) is 0 Å². The molecular formula is C21H27N5O3S2. The van der Waals surface area contributed by atoms with Gasteiger partial charge in [-0.15, -0.1) is 11.3 Å². The van der Waals surface area contributed by atoms with Crippen molar-refractivity contribution in [1.29, 1.82) is 0 Å². The van der Waals surface area contributed by atoms with E-state index in [0.29, 0.717) is 44.1 Å². The number of thiophene rings is 1. The molecule has 1 amide bonds. The highest BCUT2D eigenvalue weighted by atomic mass is 32.2. The number of hydrogen-bond donors (Lipinski definition) is 0. The predicted octanol–water partition coefficient (Wildman–Crippen LogP) is 2.74. The van der Waals surface area contributed by atoms with Gasteiger partial charge in [-0.05, 0) is 25.1 Å². The van der Waals surface area contributed by atoms with Gasteiger partial charge in [0, 0.05) is 44.7 Å². The number of benzene rings is 1. The van der Waals surface area contributed by atoms with Crippen LogP contribution in [0.25, 0.3) is 15.9 Å². The third-order valence-corrected chi connectivity index (χ3v) is 8.93. The molecule has 4 rings (SSSR count). The first-order valence-corrected chi connectivity index (χ1v) is 12.7. The number of piperazine rings is 1. The number of aromatic nitrogens is 2. The summed E-state index contributed by atoms with van der Waals surface area (Å²) in [6.07, 6.45) is 0. The number of carbonyl (C=O) groups excluding carboxylic acids is 1. The Bertz CT molecular complexity index is 1170. The first kappa shape index (κ1) is 21.9. The summed E-state index contributed by atoms with van der Waals surface area (Å²) in [6, 6.07) is 11.8. The zero-order valence-electron chi connectivity index (χ0n) is 18.0. The van der Waals surface area contributed by atoms with Crippen LogP contribution in [-0.4, -0.2) is 76.9 Å². The van der Waals surface area contributed by atoms with Crippen molar-refractivity contribution in [2.75, 3.05) is 39.3 Å². The Kier molecular flexibility index (Phi) is 6.16. The molecule has 1 aliphatic rings. The maximum absolute atomic E-state index is 13.2. The van der Waals surface area contributed by atoms with Crippen LogP contribution in [-0.2, 0) is 10.2 Å². The molecule has 166 valence electrons. The van der Waals surface area contributed by atoms with Gasteiger partial charge < -0.3 is 4.90 Å². The van der Waals surface area contributed by atoms with Crippen molar-refractivity contribution >= 4 is 37.7 Å². The second-order valence-electron chi connectivity index (χ2n) is 7.45. The van der Waals surface area contributed by atoms with Crippen molar-refractivity contribution in [1.82, 2.24) is 23.3 Å². The molecule has 0 bridgehead atoms. The van der Waals surface area contributed by atoms with Gasteiger partial charge in [0.05, 0.1) is 16.3 Å². The molecule has 3 heterocycles. The maximum atomic E-state index is 13.2. The Balaban J connectivity index is 1.52. The molecule has 2 aromatic heterocycles. The summed E-state index contributed by atoms with van der Waals surface area (Å²) in [4.78, 5) is 16.5. The van der Waals surface area contributed by atoms with E-state index in [9.17, 15) is 13.2 Å². The Morgan fingerprint density at radius 2 is 1.74 bits per heavy atom. The van der Waals surface area contributed by atoms with E-state index < -0.39 is 10.2 Å². The van der Waals surface area contributed by atoms with Crippen molar-refractivity contribution in [3.8, 4) is 5.69 Å². The van der Waals surface area contributed by atoms with Crippen LogP contribution in [0.5, 0.6) is 0 Å². The third-order valence-electron chi connectivity index (χ3n) is 5.64. The van der Waals surface area contributed by atoms with Crippen LogP contribution in [0, 0.1) is 6.92 Å². The minimum absolute atomic E-state index is 0.0555. The minimum Gasteiger partial charge on any atom is -0.335 e. The lowest BCUT2D eigenvalue weighted by atomic mass is 10.2. The number of nitrogens with zero attached hydrogens (tertiary/aromatic N) is 5. The third kappa shape index (κ3) is 4.00. The fourth-order valence-electron chi connectivity index (χ4n) is 3.89. The molecule has 0 spiro atoms. The van der Waals surface area contributed by atoms with Crippen LogP contribution in [0.4, 0.5) is 0 Å². The van der Waals surface area contributed by atoms with Gasteiger partial charge in [-0.1, -0.05) is 32.0 Å². The van der Waals surface area contributed by atoms with Gasteiger partial charge >= 0.3 is 0 Å². The first-order valence-electron chi connectivity index (χ1n) is 10.5. The lowest BCUT2D eigenvalue weighted by Gasteiger charge is -2.36. The number of hydrogen-bond acceptors (Lipinski definition) is 5. The van der Waals surface area contributed by atoms with E-state index in [1.54, 1.807) is 4.90 Å². The highest BCUT2D eigenvalue weighted by molar-refractivity contribution is 7.86. The number of para-hydroxylation sites is 1. The molecule has 1 saturated heterocycles. The topological polar surface area (TPSA) is 78.8 Å². The van der Waals surface area contributed by atoms with E-state index in [0.717, 1.165) is 21.6 Å². The molecular weight excluding hydrogens is 434 g/mol. The molecule has 0 radical (unpaired) electrons. The fourth-order valence-corrected chi connectivity index (χ4v) is 6.64. The van der Waals surface area contributed by atoms with Crippen molar-refractivity contribution in [2.24, 2.45) is 0 Å². The molecule has 0 saturated carbocycles. The van der Waals surface area contributed by atoms with Gasteiger partial charge in [0.25, 0.3) is 16.1 Å². The second-order valence-corrected chi connectivity index (χ2v) is 10.4. The number of carbonyl (C=O) groups is 1. The van der Waals surface area contributed by atoms with E-state index >= 15 is 0 Å². The Morgan fingerprint density at radius 3 is 2.35 bits per heavy atom. The summed E-state index contributed by atoms with van der Waals surface area (Å²) in [7, 11) is -3.47. The van der Waals surface area contributed by atoms with Gasteiger partial charge in [0.15, 0.2) is 0 Å². The fraction of sp³-hybridized carbons (Fsp3) is 0.429. The second kappa shape index (κ2) is 8.70. The molecule has 1 aliphatic heterocycles. The monoisotopic (exact) mass is 461 g/mol. The van der Waals surface area contributed by atoms with Crippen molar-refractivity contribution in [3.63, 3.8) is 0 Å². The standard InChI is InChI=1S/C21H27N5O3S2/c1-4-24(5-2)31(28,29)25-13-11-23(12-14-25)20(27)19-15-18-16(3)22-26(21(18)30-19)17-9-7-6-8-10-17/h6-10,15H,4-5,11-14H2,1-3H3. The summed E-state index contributed by atoms with van der Waals surface area (Å²) < 4.78 is 30.3. The Labute approximate surface area is 186 Å². The SMILES string of the molecule is CCN(CC)S(=O)(=O)N1CCN(C(=O)c2cc3c(C)nn(-c4ccccc4)c3s2)CC1. The zero-order valence-corrected chi connectivity index (χ0v) is 19.6. The highest BCUT2D eigenvalue weighted by Crippen LogP contribution is 2.31. The van der Waals surface area contributed by atoms with Crippen molar-refractivity contribution in [2.45, 2.75) is 20.8 Å². The quantitative estimate of drug-likeness (QED) is 0.566. The van der Waals surface area contributed by atoms with Crippen LogP contribution in [0.1, 0.15) is 29.2 Å². The average Bonchev–Trinajstić information content (AvgIpc) is 3.35. The van der Waals surface area contributed by atoms with E-state index in [1.807, 2.05) is 61.9 Å². The van der Waals surface area contributed by atoms with Gasteiger partial charge in [-0.2, -0.15) is 22.1 Å². The average molecular weight is 462 g/mol. The van der Waals surface area contributed by atoms with E-state index in [-0.39, 0.29) is 5.91 Å². The van der Waals surface area contributed by atoms with Gasteiger partial charge in [-0.25, -0.2) is 4.68 Å². The minimum atomic E-state index is -3.47. The number of fused-ring (bicyclic) bond motifs is 1. The van der Waals surface area contributed by atoms with Gasteiger partial charge in [0.1, 0.15) is 4.83 Å². The van der Waals surface area contributed by atoms with Crippen LogP contribution in [0.15, 0.2) is 36.4 Å². The van der Waals surface area contributed by atoms with Crippen LogP contribution >= 0.6 is 11.3 Å². The van der Waals surface area contributed by atoms with Crippen LogP contribution < -0.4 is 0 Å². The number of rotatable bonds is 6. The molecule has 0 aliphatic carbocycles. The number of aryl methyl sites for hydroxylation is 1. The molecule has 31 heavy (non-hydrogen) atoms. The number of amides is 1. The molecule has 1 fully saturated rings. The molecule has 8 nitrogen and oxygen atoms in total. The maximum Gasteiger partial charge on any atom is 0.282 e. The Morgan fingerprint density at radius 1 is 1.10 bits per heavy atom. The van der Waals surface area contributed by atoms with Crippen molar-refractivity contribution < 1.29 is 13.2 Å². The first-order chi connectivity index (χ1) is 14.9. The smallest absolute Gasteiger partial charge is 0.282 e. The largest absolute Gasteiger partial charge is 0.335 e. The normalized spacial score (nSPS) is 15.8. The van der Waals surface area contributed by atoms with Gasteiger partial charge in [0.2, 0.25) is 0 Å².